The Kier molecular flexibility index (Phi) is 2.32. The highest BCUT2D eigenvalue weighted by atomic mass is 16.3. The van der Waals surface area contributed by atoms with E-state index in [0.29, 0.717) is 0 Å². The van der Waals surface area contributed by atoms with Gasteiger partial charge in [-0.3, -0.25) is 0 Å². The van der Waals surface area contributed by atoms with Gasteiger partial charge in [-0.05, 0) is 24.7 Å². The lowest BCUT2D eigenvalue weighted by Gasteiger charge is -2.33. The number of hydrogen-bond acceptors (Lipinski definition) is 2. The van der Waals surface area contributed by atoms with E-state index >= 15 is 0 Å². The second kappa shape index (κ2) is 2.89. The molecule has 0 spiro atoms. The number of aliphatic hydroxyl groups is 2. The Balaban J connectivity index is 2.46. The van der Waals surface area contributed by atoms with Gasteiger partial charge in [-0.25, -0.2) is 0 Å². The molecule has 4 atom stereocenters. The Hall–Kier alpha value is -0.0800. The van der Waals surface area contributed by atoms with E-state index < -0.39 is 0 Å². The normalized spacial score (nSPS) is 49.2. The first-order valence-corrected chi connectivity index (χ1v) is 3.97. The third-order valence-corrected chi connectivity index (χ3v) is 2.54. The lowest BCUT2D eigenvalue weighted by Crippen LogP contribution is -2.35. The third-order valence-electron chi connectivity index (χ3n) is 2.54. The summed E-state index contributed by atoms with van der Waals surface area (Å²) in [7, 11) is 0. The van der Waals surface area contributed by atoms with Crippen molar-refractivity contribution in [1.29, 1.82) is 0 Å². The van der Waals surface area contributed by atoms with Crippen LogP contribution in [0.4, 0.5) is 0 Å². The van der Waals surface area contributed by atoms with Gasteiger partial charge in [0.2, 0.25) is 0 Å². The topological polar surface area (TPSA) is 40.5 Å². The molecule has 0 unspecified atom stereocenters. The first-order valence-electron chi connectivity index (χ1n) is 3.97. The highest BCUT2D eigenvalue weighted by Gasteiger charge is 2.29. The molecule has 2 nitrogen and oxygen atoms in total. The Morgan fingerprint density at radius 2 is 1.20 bits per heavy atom. The lowest BCUT2D eigenvalue weighted by atomic mass is 9.80. The van der Waals surface area contributed by atoms with Gasteiger partial charge in [-0.2, -0.15) is 0 Å². The molecule has 1 fully saturated rings. The highest BCUT2D eigenvalue weighted by Crippen LogP contribution is 2.28. The molecule has 1 aliphatic rings. The van der Waals surface area contributed by atoms with Crippen molar-refractivity contribution in [2.75, 3.05) is 0 Å². The van der Waals surface area contributed by atoms with Crippen LogP contribution in [0.25, 0.3) is 0 Å². The standard InChI is InChI=1S/C8H16O2/c1-5-3-8(10)6(2)4-7(5)9/h5-10H,3-4H2,1-2H3/t5-,6+,7-,8+. The maximum absolute atomic E-state index is 9.35. The maximum atomic E-state index is 9.35. The third kappa shape index (κ3) is 1.50. The van der Waals surface area contributed by atoms with Crippen LogP contribution in [-0.2, 0) is 0 Å². The average Bonchev–Trinajstić information content (AvgIpc) is 1.84. The van der Waals surface area contributed by atoms with Crippen LogP contribution in [0.1, 0.15) is 26.7 Å². The molecular weight excluding hydrogens is 128 g/mol. The second-order valence-electron chi connectivity index (χ2n) is 3.56. The van der Waals surface area contributed by atoms with E-state index in [4.69, 9.17) is 0 Å². The zero-order valence-corrected chi connectivity index (χ0v) is 6.62. The minimum absolute atomic E-state index is 0.196. The van der Waals surface area contributed by atoms with E-state index in [0.717, 1.165) is 12.8 Å². The Labute approximate surface area is 61.9 Å². The molecule has 60 valence electrons. The fourth-order valence-electron chi connectivity index (χ4n) is 1.54. The van der Waals surface area contributed by atoms with Crippen LogP contribution in [0.5, 0.6) is 0 Å². The van der Waals surface area contributed by atoms with Crippen LogP contribution in [0.3, 0.4) is 0 Å². The molecule has 1 aliphatic carbocycles. The quantitative estimate of drug-likeness (QED) is 0.527. The lowest BCUT2D eigenvalue weighted by molar-refractivity contribution is -0.0203. The Morgan fingerprint density at radius 3 is 1.50 bits per heavy atom. The summed E-state index contributed by atoms with van der Waals surface area (Å²) >= 11 is 0. The maximum Gasteiger partial charge on any atom is 0.0570 e. The van der Waals surface area contributed by atoms with Crippen molar-refractivity contribution in [2.24, 2.45) is 11.8 Å². The molecule has 0 aromatic heterocycles. The van der Waals surface area contributed by atoms with Crippen molar-refractivity contribution >= 4 is 0 Å². The van der Waals surface area contributed by atoms with E-state index in [9.17, 15) is 10.2 Å². The van der Waals surface area contributed by atoms with Crippen LogP contribution in [0.15, 0.2) is 0 Å². The molecule has 10 heavy (non-hydrogen) atoms. The molecule has 1 saturated carbocycles. The molecule has 0 aromatic carbocycles. The van der Waals surface area contributed by atoms with Crippen LogP contribution >= 0.6 is 0 Å². The SMILES string of the molecule is C[C@@H]1C[C@H](O)[C@@H](C)C[C@H]1O. The van der Waals surface area contributed by atoms with Gasteiger partial charge in [0, 0.05) is 0 Å². The van der Waals surface area contributed by atoms with Gasteiger partial charge in [0.25, 0.3) is 0 Å². The first-order chi connectivity index (χ1) is 4.61. The zero-order valence-electron chi connectivity index (χ0n) is 6.62. The fraction of sp³-hybridized carbons (Fsp3) is 1.00. The van der Waals surface area contributed by atoms with Gasteiger partial charge in [0.15, 0.2) is 0 Å². The van der Waals surface area contributed by atoms with Gasteiger partial charge in [-0.15, -0.1) is 0 Å². The minimum atomic E-state index is -0.196. The average molecular weight is 144 g/mol. The van der Waals surface area contributed by atoms with Crippen LogP contribution in [-0.4, -0.2) is 22.4 Å². The molecule has 0 bridgehead atoms. The molecule has 1 rings (SSSR count). The number of rotatable bonds is 0. The number of aliphatic hydroxyl groups excluding tert-OH is 2. The molecule has 0 amide bonds. The zero-order chi connectivity index (χ0) is 7.72. The largest absolute Gasteiger partial charge is 0.393 e. The van der Waals surface area contributed by atoms with Crippen molar-refractivity contribution in [2.45, 2.75) is 38.9 Å². The first kappa shape index (κ1) is 8.02. The smallest absolute Gasteiger partial charge is 0.0570 e. The predicted molar refractivity (Wildman–Crippen MR) is 39.6 cm³/mol. The van der Waals surface area contributed by atoms with Gasteiger partial charge in [-0.1, -0.05) is 13.8 Å². The minimum Gasteiger partial charge on any atom is -0.393 e. The van der Waals surface area contributed by atoms with E-state index in [2.05, 4.69) is 0 Å². The van der Waals surface area contributed by atoms with Crippen molar-refractivity contribution in [3.05, 3.63) is 0 Å². The number of hydrogen-bond donors (Lipinski definition) is 2. The van der Waals surface area contributed by atoms with Crippen molar-refractivity contribution in [1.82, 2.24) is 0 Å². The second-order valence-corrected chi connectivity index (χ2v) is 3.56. The van der Waals surface area contributed by atoms with Crippen molar-refractivity contribution < 1.29 is 10.2 Å². The summed E-state index contributed by atoms with van der Waals surface area (Å²) in [6.07, 6.45) is 1.11. The Morgan fingerprint density at radius 1 is 0.900 bits per heavy atom. The summed E-state index contributed by atoms with van der Waals surface area (Å²) in [6, 6.07) is 0. The van der Waals surface area contributed by atoms with Crippen LogP contribution in [0.2, 0.25) is 0 Å². The van der Waals surface area contributed by atoms with Gasteiger partial charge in [0.1, 0.15) is 0 Å². The van der Waals surface area contributed by atoms with Gasteiger partial charge < -0.3 is 10.2 Å². The molecule has 2 heteroatoms. The molecule has 0 aromatic rings. The van der Waals surface area contributed by atoms with E-state index in [1.807, 2.05) is 13.8 Å². The van der Waals surface area contributed by atoms with Crippen LogP contribution < -0.4 is 0 Å². The van der Waals surface area contributed by atoms with Crippen molar-refractivity contribution in [3.8, 4) is 0 Å². The summed E-state index contributed by atoms with van der Waals surface area (Å²) in [5.41, 5.74) is 0. The van der Waals surface area contributed by atoms with Crippen molar-refractivity contribution in [3.63, 3.8) is 0 Å². The summed E-state index contributed by atoms with van der Waals surface area (Å²) in [4.78, 5) is 0. The van der Waals surface area contributed by atoms with E-state index in [1.165, 1.54) is 0 Å². The fourth-order valence-corrected chi connectivity index (χ4v) is 1.54. The van der Waals surface area contributed by atoms with E-state index in [1.54, 1.807) is 0 Å². The molecule has 0 heterocycles. The highest BCUT2D eigenvalue weighted by molar-refractivity contribution is 4.80. The molecule has 0 aliphatic heterocycles. The summed E-state index contributed by atoms with van der Waals surface area (Å²) < 4.78 is 0. The molecule has 0 saturated heterocycles. The summed E-state index contributed by atoms with van der Waals surface area (Å²) in [5, 5.41) is 18.7. The van der Waals surface area contributed by atoms with Gasteiger partial charge in [0.05, 0.1) is 12.2 Å². The van der Waals surface area contributed by atoms with E-state index in [-0.39, 0.29) is 24.0 Å². The monoisotopic (exact) mass is 144 g/mol. The predicted octanol–water partition coefficient (Wildman–Crippen LogP) is 0.774. The summed E-state index contributed by atoms with van der Waals surface area (Å²) in [5.74, 6) is 0.539. The van der Waals surface area contributed by atoms with Gasteiger partial charge >= 0.3 is 0 Å². The van der Waals surface area contributed by atoms with Crippen LogP contribution in [0, 0.1) is 11.8 Å². The Bertz CT molecular complexity index is 87.8. The molecular formula is C8H16O2. The molecule has 0 radical (unpaired) electrons. The summed E-state index contributed by atoms with van der Waals surface area (Å²) in [6.45, 7) is 3.97. The molecule has 2 N–H and O–H groups in total.